The maximum Gasteiger partial charge on any atom is 0.313 e. The second-order valence-electron chi connectivity index (χ2n) is 9.20. The van der Waals surface area contributed by atoms with Gasteiger partial charge in [-0.15, -0.1) is 0 Å². The Labute approximate surface area is 191 Å². The van der Waals surface area contributed by atoms with Gasteiger partial charge >= 0.3 is 5.97 Å². The Morgan fingerprint density at radius 1 is 1.21 bits per heavy atom. The number of esters is 1. The van der Waals surface area contributed by atoms with Gasteiger partial charge in [0, 0.05) is 10.9 Å². The molecule has 7 nitrogen and oxygen atoms in total. The number of ether oxygens (including phenoxy) is 2. The summed E-state index contributed by atoms with van der Waals surface area (Å²) < 4.78 is 12.9. The summed E-state index contributed by atoms with van der Waals surface area (Å²) in [5.74, 6) is -0.108. The molecule has 7 heteroatoms. The molecule has 2 aliphatic rings. The minimum Gasteiger partial charge on any atom is -0.480 e. The topological polar surface area (TPSA) is 87.5 Å². The molecule has 1 aromatic carbocycles. The number of benzene rings is 1. The SMILES string of the molecule is CCc1c2c(nc3ccc(OC(C)(C)C=O)cc13)-c1cc3c(c(=O)n1C2)COC(=O)C3CC. The van der Waals surface area contributed by atoms with Crippen molar-refractivity contribution < 1.29 is 19.1 Å². The summed E-state index contributed by atoms with van der Waals surface area (Å²) in [5, 5.41) is 0.950. The van der Waals surface area contributed by atoms with Gasteiger partial charge in [-0.2, -0.15) is 0 Å². The third-order valence-electron chi connectivity index (χ3n) is 6.61. The zero-order chi connectivity index (χ0) is 23.5. The van der Waals surface area contributed by atoms with Crippen LogP contribution in [0.1, 0.15) is 62.3 Å². The zero-order valence-electron chi connectivity index (χ0n) is 19.2. The van der Waals surface area contributed by atoms with E-state index in [4.69, 9.17) is 14.5 Å². The van der Waals surface area contributed by atoms with Gasteiger partial charge in [-0.1, -0.05) is 13.8 Å². The van der Waals surface area contributed by atoms with Crippen LogP contribution >= 0.6 is 0 Å². The number of nitrogens with zero attached hydrogens (tertiary/aromatic N) is 2. The molecule has 0 radical (unpaired) electrons. The van der Waals surface area contributed by atoms with Crippen LogP contribution in [0, 0.1) is 0 Å². The number of aromatic nitrogens is 2. The highest BCUT2D eigenvalue weighted by molar-refractivity contribution is 5.89. The number of cyclic esters (lactones) is 1. The van der Waals surface area contributed by atoms with E-state index in [2.05, 4.69) is 6.92 Å². The third kappa shape index (κ3) is 3.25. The summed E-state index contributed by atoms with van der Waals surface area (Å²) in [6.45, 7) is 7.88. The minimum atomic E-state index is -0.928. The van der Waals surface area contributed by atoms with E-state index in [1.165, 1.54) is 0 Å². The fourth-order valence-electron chi connectivity index (χ4n) is 4.96. The molecule has 2 aromatic heterocycles. The van der Waals surface area contributed by atoms with Crippen molar-refractivity contribution in [2.24, 2.45) is 0 Å². The van der Waals surface area contributed by atoms with Crippen molar-refractivity contribution in [1.29, 1.82) is 0 Å². The number of carbonyl (C=O) groups is 2. The lowest BCUT2D eigenvalue weighted by Crippen LogP contribution is -2.32. The number of pyridine rings is 2. The number of carbonyl (C=O) groups excluding carboxylic acids is 2. The second-order valence-corrected chi connectivity index (χ2v) is 9.20. The van der Waals surface area contributed by atoms with E-state index in [9.17, 15) is 14.4 Å². The smallest absolute Gasteiger partial charge is 0.313 e. The summed E-state index contributed by atoms with van der Waals surface area (Å²) in [6, 6.07) is 7.57. The van der Waals surface area contributed by atoms with Crippen LogP contribution in [0.5, 0.6) is 5.75 Å². The summed E-state index contributed by atoms with van der Waals surface area (Å²) in [6.07, 6.45) is 2.11. The third-order valence-corrected chi connectivity index (χ3v) is 6.61. The summed E-state index contributed by atoms with van der Waals surface area (Å²) in [7, 11) is 0. The second kappa shape index (κ2) is 7.54. The molecule has 0 aliphatic carbocycles. The fourth-order valence-corrected chi connectivity index (χ4v) is 4.96. The van der Waals surface area contributed by atoms with Crippen LogP contribution in [0.2, 0.25) is 0 Å². The molecular formula is C26H26N2O5. The Bertz CT molecular complexity index is 1390. The van der Waals surface area contributed by atoms with E-state index in [1.54, 1.807) is 18.4 Å². The highest BCUT2D eigenvalue weighted by Gasteiger charge is 2.34. The van der Waals surface area contributed by atoms with Gasteiger partial charge in [0.25, 0.3) is 5.56 Å². The van der Waals surface area contributed by atoms with Gasteiger partial charge in [-0.25, -0.2) is 4.98 Å². The first-order valence-electron chi connectivity index (χ1n) is 11.3. The van der Waals surface area contributed by atoms with Crippen LogP contribution in [0.3, 0.4) is 0 Å². The van der Waals surface area contributed by atoms with Gasteiger partial charge in [0.15, 0.2) is 11.9 Å². The molecule has 0 spiro atoms. The Hall–Kier alpha value is -3.48. The number of rotatable bonds is 5. The first kappa shape index (κ1) is 21.4. The Balaban J connectivity index is 1.70. The molecule has 0 fully saturated rings. The summed E-state index contributed by atoms with van der Waals surface area (Å²) >= 11 is 0. The normalized spacial score (nSPS) is 16.7. The fraction of sp³-hybridized carbons (Fsp3) is 0.385. The van der Waals surface area contributed by atoms with Crippen LogP contribution < -0.4 is 10.3 Å². The van der Waals surface area contributed by atoms with Gasteiger partial charge in [0.2, 0.25) is 0 Å². The van der Waals surface area contributed by atoms with Gasteiger partial charge in [0.1, 0.15) is 12.4 Å². The van der Waals surface area contributed by atoms with Crippen molar-refractivity contribution in [3.8, 4) is 17.1 Å². The first-order chi connectivity index (χ1) is 15.8. The van der Waals surface area contributed by atoms with E-state index in [-0.39, 0.29) is 18.1 Å². The van der Waals surface area contributed by atoms with Crippen LogP contribution in [-0.4, -0.2) is 27.4 Å². The summed E-state index contributed by atoms with van der Waals surface area (Å²) in [5.41, 5.74) is 4.73. The molecular weight excluding hydrogens is 420 g/mol. The standard InChI is InChI=1S/C26H26N2O5/c1-5-15-18-9-14(33-26(3,4)13-29)7-8-21(18)27-23-19(15)11-28-22(23)10-17-16(6-2)25(31)32-12-20(17)24(28)30/h7-10,13,16H,5-6,11-12H2,1-4H3. The maximum atomic E-state index is 13.4. The highest BCUT2D eigenvalue weighted by atomic mass is 16.5. The minimum absolute atomic E-state index is 0.0172. The Morgan fingerprint density at radius 3 is 2.70 bits per heavy atom. The average molecular weight is 447 g/mol. The molecule has 0 amide bonds. The highest BCUT2D eigenvalue weighted by Crippen LogP contribution is 2.39. The van der Waals surface area contributed by atoms with Crippen molar-refractivity contribution in [3.05, 3.63) is 56.9 Å². The lowest BCUT2D eigenvalue weighted by Gasteiger charge is -2.24. The van der Waals surface area contributed by atoms with Crippen LogP contribution in [0.15, 0.2) is 29.1 Å². The van der Waals surface area contributed by atoms with Gasteiger partial charge in [-0.05, 0) is 62.1 Å². The van der Waals surface area contributed by atoms with E-state index in [0.717, 1.165) is 51.7 Å². The molecule has 170 valence electrons. The predicted molar refractivity (Wildman–Crippen MR) is 124 cm³/mol. The van der Waals surface area contributed by atoms with Gasteiger partial charge < -0.3 is 14.0 Å². The molecule has 0 bridgehead atoms. The summed E-state index contributed by atoms with van der Waals surface area (Å²) in [4.78, 5) is 41.9. The number of fused-ring (bicyclic) bond motifs is 5. The average Bonchev–Trinajstić information content (AvgIpc) is 3.16. The van der Waals surface area contributed by atoms with Crippen molar-refractivity contribution in [2.75, 3.05) is 0 Å². The van der Waals surface area contributed by atoms with Crippen molar-refractivity contribution >= 4 is 23.2 Å². The Kier molecular flexibility index (Phi) is 4.88. The van der Waals surface area contributed by atoms with Gasteiger partial charge in [0.05, 0.1) is 34.9 Å². The van der Waals surface area contributed by atoms with E-state index >= 15 is 0 Å². The predicted octanol–water partition coefficient (Wildman–Crippen LogP) is 3.89. The molecule has 3 aromatic rings. The van der Waals surface area contributed by atoms with E-state index < -0.39 is 11.5 Å². The number of aryl methyl sites for hydroxylation is 1. The molecule has 0 saturated heterocycles. The molecule has 1 atom stereocenters. The number of hydrogen-bond donors (Lipinski definition) is 0. The number of aldehydes is 1. The number of hydrogen-bond acceptors (Lipinski definition) is 6. The first-order valence-corrected chi connectivity index (χ1v) is 11.3. The van der Waals surface area contributed by atoms with Crippen molar-refractivity contribution in [2.45, 2.75) is 65.2 Å². The zero-order valence-corrected chi connectivity index (χ0v) is 19.2. The lowest BCUT2D eigenvalue weighted by atomic mass is 9.90. The van der Waals surface area contributed by atoms with Crippen molar-refractivity contribution in [1.82, 2.24) is 9.55 Å². The molecule has 5 rings (SSSR count). The molecule has 4 heterocycles. The van der Waals surface area contributed by atoms with E-state index in [0.29, 0.717) is 24.3 Å². The molecule has 0 N–H and O–H groups in total. The van der Waals surface area contributed by atoms with Crippen LogP contribution in [0.4, 0.5) is 0 Å². The lowest BCUT2D eigenvalue weighted by molar-refractivity contribution is -0.148. The van der Waals surface area contributed by atoms with Crippen molar-refractivity contribution in [3.63, 3.8) is 0 Å². The largest absolute Gasteiger partial charge is 0.480 e. The van der Waals surface area contributed by atoms with Crippen LogP contribution in [0.25, 0.3) is 22.3 Å². The monoisotopic (exact) mass is 446 g/mol. The maximum absolute atomic E-state index is 13.4. The molecule has 2 aliphatic heterocycles. The van der Waals surface area contributed by atoms with E-state index in [1.807, 2.05) is 31.2 Å². The Morgan fingerprint density at radius 2 is 2.00 bits per heavy atom. The molecule has 33 heavy (non-hydrogen) atoms. The van der Waals surface area contributed by atoms with Gasteiger partial charge in [-0.3, -0.25) is 14.4 Å². The van der Waals surface area contributed by atoms with Crippen LogP contribution in [-0.2, 0) is 33.9 Å². The molecule has 0 saturated carbocycles. The molecule has 1 unspecified atom stereocenters. The quantitative estimate of drug-likeness (QED) is 0.341.